The van der Waals surface area contributed by atoms with E-state index in [1.165, 1.54) is 19.3 Å². The summed E-state index contributed by atoms with van der Waals surface area (Å²) < 4.78 is 0. The molecule has 0 radical (unpaired) electrons. The molecule has 1 aromatic carbocycles. The lowest BCUT2D eigenvalue weighted by Gasteiger charge is -2.37. The van der Waals surface area contributed by atoms with Crippen molar-refractivity contribution in [3.63, 3.8) is 0 Å². The second kappa shape index (κ2) is 12.7. The number of anilines is 3. The molecule has 40 heavy (non-hydrogen) atoms. The molecule has 2 heterocycles. The number of amides is 2. The molecule has 1 fully saturated rings. The number of aromatic nitrogens is 5. The predicted octanol–water partition coefficient (Wildman–Crippen LogP) is 6.77. The van der Waals surface area contributed by atoms with Crippen LogP contribution in [0, 0.1) is 12.8 Å². The molecule has 0 bridgehead atoms. The first-order valence-electron chi connectivity index (χ1n) is 14.2. The Bertz CT molecular complexity index is 1380. The molecule has 1 saturated carbocycles. The zero-order valence-corrected chi connectivity index (χ0v) is 23.5. The number of benzene rings is 1. The van der Waals surface area contributed by atoms with Gasteiger partial charge in [0.05, 0.1) is 5.69 Å². The number of hydrogen-bond donors (Lipinski definition) is 3. The quantitative estimate of drug-likeness (QED) is 0.292. The van der Waals surface area contributed by atoms with E-state index in [0.717, 1.165) is 59.7 Å². The molecule has 0 atom stereocenters. The lowest BCUT2D eigenvalue weighted by atomic mass is 9.93. The average molecular weight is 539 g/mol. The molecule has 208 valence electrons. The molecular weight excluding hydrogens is 500 g/mol. The number of H-pyrrole nitrogens is 1. The van der Waals surface area contributed by atoms with Crippen LogP contribution in [-0.2, 0) is 0 Å². The van der Waals surface area contributed by atoms with E-state index >= 15 is 0 Å². The monoisotopic (exact) mass is 538 g/mol. The van der Waals surface area contributed by atoms with E-state index in [1.54, 1.807) is 0 Å². The second-order valence-corrected chi connectivity index (χ2v) is 11.0. The molecule has 0 aliphatic heterocycles. The molecule has 0 spiro atoms. The predicted molar refractivity (Wildman–Crippen MR) is 161 cm³/mol. The van der Waals surface area contributed by atoms with Gasteiger partial charge >= 0.3 is 6.03 Å². The van der Waals surface area contributed by atoms with Gasteiger partial charge in [-0.25, -0.2) is 14.9 Å². The van der Waals surface area contributed by atoms with E-state index in [1.807, 2.05) is 55.5 Å². The lowest BCUT2D eigenvalue weighted by Crippen LogP contribution is -2.40. The minimum Gasteiger partial charge on any atom is -0.353 e. The summed E-state index contributed by atoms with van der Waals surface area (Å²) in [6.45, 7) is 7.40. The van der Waals surface area contributed by atoms with Gasteiger partial charge in [0.15, 0.2) is 5.82 Å². The highest BCUT2D eigenvalue weighted by Gasteiger charge is 2.25. The number of carbonyl (C=O) groups is 1. The smallest absolute Gasteiger partial charge is 0.323 e. The van der Waals surface area contributed by atoms with Crippen molar-refractivity contribution in [3.05, 3.63) is 77.8 Å². The number of aromatic amines is 1. The van der Waals surface area contributed by atoms with Gasteiger partial charge in [0.1, 0.15) is 5.82 Å². The van der Waals surface area contributed by atoms with Crippen LogP contribution < -0.4 is 15.5 Å². The molecule has 0 unspecified atom stereocenters. The molecule has 5 rings (SSSR count). The molecule has 9 heteroatoms. The van der Waals surface area contributed by atoms with Gasteiger partial charge < -0.3 is 15.5 Å². The maximum absolute atomic E-state index is 13.1. The van der Waals surface area contributed by atoms with Crippen LogP contribution in [0.15, 0.2) is 60.7 Å². The van der Waals surface area contributed by atoms with Gasteiger partial charge in [-0.1, -0.05) is 75.1 Å². The van der Waals surface area contributed by atoms with E-state index in [0.29, 0.717) is 23.5 Å². The number of carbonyl (C=O) groups excluding carboxylic acids is 1. The maximum atomic E-state index is 13.1. The van der Waals surface area contributed by atoms with Crippen molar-refractivity contribution in [2.24, 2.45) is 5.92 Å². The maximum Gasteiger partial charge on any atom is 0.323 e. The fourth-order valence-electron chi connectivity index (χ4n) is 5.37. The van der Waals surface area contributed by atoms with Crippen LogP contribution in [0.3, 0.4) is 0 Å². The Labute approximate surface area is 235 Å². The molecule has 3 N–H and O–H groups in total. The molecule has 0 saturated heterocycles. The second-order valence-electron chi connectivity index (χ2n) is 11.0. The molecule has 9 nitrogen and oxygen atoms in total. The summed E-state index contributed by atoms with van der Waals surface area (Å²) in [4.78, 5) is 20.8. The zero-order valence-electron chi connectivity index (χ0n) is 23.5. The van der Waals surface area contributed by atoms with Gasteiger partial charge in [-0.15, -0.1) is 5.10 Å². The first-order valence-corrected chi connectivity index (χ1v) is 14.2. The van der Waals surface area contributed by atoms with E-state index in [-0.39, 0.29) is 6.03 Å². The highest BCUT2D eigenvalue weighted by Crippen LogP contribution is 2.35. The van der Waals surface area contributed by atoms with Gasteiger partial charge in [-0.3, -0.25) is 0 Å². The molecule has 2 aliphatic rings. The van der Waals surface area contributed by atoms with Crippen LogP contribution >= 0.6 is 0 Å². The van der Waals surface area contributed by atoms with Crippen LogP contribution in [0.25, 0.3) is 11.1 Å². The Morgan fingerprint density at radius 2 is 1.82 bits per heavy atom. The van der Waals surface area contributed by atoms with Gasteiger partial charge in [-0.2, -0.15) is 0 Å². The van der Waals surface area contributed by atoms with Crippen LogP contribution in [0.4, 0.5) is 22.0 Å². The van der Waals surface area contributed by atoms with E-state index < -0.39 is 0 Å². The number of nitrogens with zero attached hydrogens (tertiary/aromatic N) is 5. The number of allylic oxidation sites excluding steroid dienone is 6. The van der Waals surface area contributed by atoms with Gasteiger partial charge in [0.2, 0.25) is 0 Å². The summed E-state index contributed by atoms with van der Waals surface area (Å²) in [5, 5.41) is 20.7. The Hall–Kier alpha value is -4.27. The van der Waals surface area contributed by atoms with E-state index in [4.69, 9.17) is 4.98 Å². The molecule has 2 aliphatic carbocycles. The van der Waals surface area contributed by atoms with Crippen LogP contribution in [0.1, 0.15) is 69.5 Å². The van der Waals surface area contributed by atoms with Crippen molar-refractivity contribution in [1.29, 1.82) is 0 Å². The van der Waals surface area contributed by atoms with Gasteiger partial charge in [0, 0.05) is 41.2 Å². The summed E-state index contributed by atoms with van der Waals surface area (Å²) in [5.41, 5.74) is 5.08. The minimum atomic E-state index is -0.301. The van der Waals surface area contributed by atoms with Gasteiger partial charge in [0.25, 0.3) is 0 Å². The standard InChI is InChI=1S/C31H38N8O/c1-21(2)20-39(25-10-6-4-7-11-25)29-19-24(33-31(40)32-23-16-14-22(3)15-17-23)18-28(34-29)26-12-8-5-9-13-27(26)30-35-37-38-36-30/h5,8,12-19,21,25H,4,6-7,9-11,20H2,1-3H3,(H2,32,33,34,40)(H,35,36,37,38). The Morgan fingerprint density at radius 1 is 1.05 bits per heavy atom. The fourth-order valence-corrected chi connectivity index (χ4v) is 5.37. The zero-order chi connectivity index (χ0) is 27.9. The fraction of sp³-hybridized carbons (Fsp3) is 0.387. The van der Waals surface area contributed by atoms with E-state index in [9.17, 15) is 4.79 Å². The van der Waals surface area contributed by atoms with Crippen LogP contribution in [0.2, 0.25) is 0 Å². The number of nitrogens with one attached hydrogen (secondary N) is 3. The summed E-state index contributed by atoms with van der Waals surface area (Å²) in [5.74, 6) is 1.91. The number of urea groups is 1. The van der Waals surface area contributed by atoms with Crippen molar-refractivity contribution in [2.45, 2.75) is 65.3 Å². The minimum absolute atomic E-state index is 0.301. The highest BCUT2D eigenvalue weighted by molar-refractivity contribution is 6.05. The third kappa shape index (κ3) is 6.83. The molecular formula is C31H38N8O. The topological polar surface area (TPSA) is 112 Å². The van der Waals surface area contributed by atoms with Crippen molar-refractivity contribution in [3.8, 4) is 0 Å². The van der Waals surface area contributed by atoms with Gasteiger partial charge in [-0.05, 0) is 60.7 Å². The van der Waals surface area contributed by atoms with Crippen LogP contribution in [-0.4, -0.2) is 44.2 Å². The van der Waals surface area contributed by atoms with Crippen molar-refractivity contribution in [1.82, 2.24) is 25.6 Å². The summed E-state index contributed by atoms with van der Waals surface area (Å²) >= 11 is 0. The number of hydrogen-bond acceptors (Lipinski definition) is 6. The first-order chi connectivity index (χ1) is 19.5. The largest absolute Gasteiger partial charge is 0.353 e. The Balaban J connectivity index is 1.54. The molecule has 3 aromatic rings. The number of rotatable bonds is 8. The van der Waals surface area contributed by atoms with Crippen molar-refractivity contribution in [2.75, 3.05) is 22.1 Å². The number of tetrazole rings is 1. The third-order valence-electron chi connectivity index (χ3n) is 7.27. The van der Waals surface area contributed by atoms with Crippen molar-refractivity contribution < 1.29 is 4.79 Å². The average Bonchev–Trinajstić information content (AvgIpc) is 3.37. The Morgan fingerprint density at radius 3 is 2.55 bits per heavy atom. The SMILES string of the molecule is Cc1ccc(NC(=O)Nc2cc(C3=CC=CCC=C3c3nnn[nH]3)nc(N(CC(C)C)C3CCCCC3)c2)cc1. The normalized spacial score (nSPS) is 15.8. The third-order valence-corrected chi connectivity index (χ3v) is 7.27. The van der Waals surface area contributed by atoms with Crippen molar-refractivity contribution >= 4 is 34.4 Å². The summed E-state index contributed by atoms with van der Waals surface area (Å²) in [7, 11) is 0. The van der Waals surface area contributed by atoms with Crippen LogP contribution in [0.5, 0.6) is 0 Å². The highest BCUT2D eigenvalue weighted by atomic mass is 16.2. The number of pyridine rings is 1. The lowest BCUT2D eigenvalue weighted by molar-refractivity contribution is 0.262. The molecule has 2 amide bonds. The van der Waals surface area contributed by atoms with E-state index in [2.05, 4.69) is 62.2 Å². The summed E-state index contributed by atoms with van der Waals surface area (Å²) in [6, 6.07) is 11.8. The number of aryl methyl sites for hydroxylation is 1. The first kappa shape index (κ1) is 27.3. The molecule has 2 aromatic heterocycles. The Kier molecular flexibility index (Phi) is 8.68. The summed E-state index contributed by atoms with van der Waals surface area (Å²) in [6.07, 6.45) is 15.0.